The fourth-order valence-corrected chi connectivity index (χ4v) is 3.54. The average Bonchev–Trinajstić information content (AvgIpc) is 3.29. The zero-order chi connectivity index (χ0) is 22.0. The molecule has 158 valence electrons. The Morgan fingerprint density at radius 1 is 0.812 bits per heavy atom. The van der Waals surface area contributed by atoms with Crippen molar-refractivity contribution in [1.82, 2.24) is 9.97 Å². The number of hydrogen-bond acceptors (Lipinski definition) is 2. The Bertz CT molecular complexity index is 1260. The van der Waals surface area contributed by atoms with E-state index < -0.39 is 0 Å². The Kier molecular flexibility index (Phi) is 7.06. The van der Waals surface area contributed by atoms with Gasteiger partial charge >= 0.3 is 0 Å². The molecule has 0 spiro atoms. The summed E-state index contributed by atoms with van der Waals surface area (Å²) in [5.74, 6) is -0.138. The van der Waals surface area contributed by atoms with E-state index in [4.69, 9.17) is 0 Å². The minimum absolute atomic E-state index is 0.138. The minimum Gasteiger partial charge on any atom is -0.346 e. The van der Waals surface area contributed by atoms with Crippen molar-refractivity contribution in [3.8, 4) is 0 Å². The molecule has 0 bridgehead atoms. The Labute approximate surface area is 188 Å². The molecule has 2 aliphatic carbocycles. The van der Waals surface area contributed by atoms with Crippen LogP contribution in [-0.4, -0.2) is 15.9 Å². The maximum atomic E-state index is 13.2. The molecule has 1 amide bonds. The van der Waals surface area contributed by atoms with Gasteiger partial charge in [-0.2, -0.15) is 0 Å². The van der Waals surface area contributed by atoms with E-state index in [1.54, 1.807) is 6.20 Å². The Morgan fingerprint density at radius 3 is 2.25 bits per heavy atom. The van der Waals surface area contributed by atoms with Crippen LogP contribution in [0.1, 0.15) is 18.4 Å². The number of nitrogens with zero attached hydrogens (tertiary/aromatic N) is 1. The third-order valence-electron chi connectivity index (χ3n) is 5.10. The first kappa shape index (κ1) is 21.1. The zero-order valence-corrected chi connectivity index (χ0v) is 17.7. The summed E-state index contributed by atoms with van der Waals surface area (Å²) in [6.07, 6.45) is 36.5. The van der Waals surface area contributed by atoms with E-state index in [0.717, 1.165) is 28.6 Å². The number of aromatic amines is 1. The van der Waals surface area contributed by atoms with E-state index >= 15 is 0 Å². The zero-order valence-electron chi connectivity index (χ0n) is 17.7. The van der Waals surface area contributed by atoms with Crippen LogP contribution in [0.5, 0.6) is 0 Å². The molecule has 0 atom stereocenters. The Morgan fingerprint density at radius 2 is 1.47 bits per heavy atom. The van der Waals surface area contributed by atoms with Crippen molar-refractivity contribution in [3.05, 3.63) is 127 Å². The molecule has 0 aromatic carbocycles. The van der Waals surface area contributed by atoms with E-state index in [1.165, 1.54) is 0 Å². The molecule has 0 fully saturated rings. The smallest absolute Gasteiger partial charge is 0.251 e. The highest BCUT2D eigenvalue weighted by atomic mass is 16.1. The first-order valence-electron chi connectivity index (χ1n) is 10.7. The maximum absolute atomic E-state index is 13.2. The summed E-state index contributed by atoms with van der Waals surface area (Å²) in [7, 11) is 0. The second kappa shape index (κ2) is 10.7. The molecule has 2 heterocycles. The van der Waals surface area contributed by atoms with Crippen LogP contribution in [0, 0.1) is 0 Å². The fraction of sp³-hybridized carbons (Fsp3) is 0.0714. The van der Waals surface area contributed by atoms with Gasteiger partial charge in [0.15, 0.2) is 0 Å². The summed E-state index contributed by atoms with van der Waals surface area (Å²) in [4.78, 5) is 20.9. The van der Waals surface area contributed by atoms with Crippen molar-refractivity contribution in [2.24, 2.45) is 0 Å². The van der Waals surface area contributed by atoms with E-state index in [9.17, 15) is 4.79 Å². The first-order chi connectivity index (χ1) is 15.8. The van der Waals surface area contributed by atoms with Crippen LogP contribution in [0.3, 0.4) is 0 Å². The fourth-order valence-electron chi connectivity index (χ4n) is 3.54. The number of pyridine rings is 1. The monoisotopic (exact) mass is 419 g/mol. The number of carbonyl (C=O) groups is 1. The van der Waals surface area contributed by atoms with Gasteiger partial charge in [-0.3, -0.25) is 4.79 Å². The summed E-state index contributed by atoms with van der Waals surface area (Å²) in [6, 6.07) is 2.00. The predicted molar refractivity (Wildman–Crippen MR) is 134 cm³/mol. The molecule has 4 nitrogen and oxygen atoms in total. The van der Waals surface area contributed by atoms with Crippen molar-refractivity contribution in [2.45, 2.75) is 12.8 Å². The van der Waals surface area contributed by atoms with Gasteiger partial charge in [-0.05, 0) is 24.5 Å². The van der Waals surface area contributed by atoms with Crippen molar-refractivity contribution in [3.63, 3.8) is 0 Å². The molecule has 0 saturated heterocycles. The van der Waals surface area contributed by atoms with Crippen molar-refractivity contribution in [1.29, 1.82) is 0 Å². The number of H-pyrrole nitrogens is 1. The van der Waals surface area contributed by atoms with E-state index in [-0.39, 0.29) is 5.91 Å². The summed E-state index contributed by atoms with van der Waals surface area (Å²) in [5.41, 5.74) is 4.26. The number of amides is 1. The van der Waals surface area contributed by atoms with Crippen LogP contribution < -0.4 is 5.32 Å². The molecule has 0 saturated carbocycles. The lowest BCUT2D eigenvalue weighted by molar-refractivity contribution is -0.112. The topological polar surface area (TPSA) is 57.8 Å². The summed E-state index contributed by atoms with van der Waals surface area (Å²) >= 11 is 0. The molecule has 0 radical (unpaired) electrons. The lowest BCUT2D eigenvalue weighted by Crippen LogP contribution is -2.15. The number of carbonyl (C=O) groups excluding carboxylic acids is 1. The van der Waals surface area contributed by atoms with Crippen molar-refractivity contribution >= 4 is 28.2 Å². The maximum Gasteiger partial charge on any atom is 0.251 e. The number of hydrogen-bond donors (Lipinski definition) is 2. The SMILES string of the molecule is O=C(Nc1cnc2[nH]ccc2c1/C1=C/C=C\C=C/C=C\C1)/C1=C/C=C\C=C/C=C\C=C/C1. The highest BCUT2D eigenvalue weighted by molar-refractivity contribution is 6.08. The second-order valence-electron chi connectivity index (χ2n) is 7.31. The second-order valence-corrected chi connectivity index (χ2v) is 7.31. The molecule has 0 unspecified atom stereocenters. The molecule has 2 N–H and O–H groups in total. The van der Waals surface area contributed by atoms with Gasteiger partial charge in [0.05, 0.1) is 11.9 Å². The van der Waals surface area contributed by atoms with Gasteiger partial charge in [0.2, 0.25) is 0 Å². The third kappa shape index (κ3) is 5.29. The quantitative estimate of drug-likeness (QED) is 0.596. The van der Waals surface area contributed by atoms with Gasteiger partial charge in [0.1, 0.15) is 5.65 Å². The number of aromatic nitrogens is 2. The Balaban J connectivity index is 1.70. The number of rotatable bonds is 3. The van der Waals surface area contributed by atoms with Crippen LogP contribution in [0.4, 0.5) is 5.69 Å². The molecule has 2 aliphatic rings. The number of allylic oxidation sites excluding steroid dienone is 17. The summed E-state index contributed by atoms with van der Waals surface area (Å²) in [6.45, 7) is 0. The van der Waals surface area contributed by atoms with Crippen LogP contribution in [-0.2, 0) is 4.79 Å². The highest BCUT2D eigenvalue weighted by Gasteiger charge is 2.17. The Hall–Kier alpha value is -4.18. The van der Waals surface area contributed by atoms with Gasteiger partial charge in [-0.15, -0.1) is 0 Å². The molecule has 4 rings (SSSR count). The molecule has 2 aromatic heterocycles. The highest BCUT2D eigenvalue weighted by Crippen LogP contribution is 2.33. The van der Waals surface area contributed by atoms with Crippen molar-refractivity contribution < 1.29 is 4.79 Å². The van der Waals surface area contributed by atoms with Crippen LogP contribution >= 0.6 is 0 Å². The molecular weight excluding hydrogens is 394 g/mol. The molecule has 0 aliphatic heterocycles. The lowest BCUT2D eigenvalue weighted by Gasteiger charge is -2.15. The number of fused-ring (bicyclic) bond motifs is 1. The molecule has 4 heteroatoms. The van der Waals surface area contributed by atoms with Gasteiger partial charge in [-0.25, -0.2) is 4.98 Å². The summed E-state index contributed by atoms with van der Waals surface area (Å²) in [5, 5.41) is 4.10. The van der Waals surface area contributed by atoms with Gasteiger partial charge in [0, 0.05) is 22.7 Å². The largest absolute Gasteiger partial charge is 0.346 e. The first-order valence-corrected chi connectivity index (χ1v) is 10.7. The normalized spacial score (nSPS) is 26.4. The minimum atomic E-state index is -0.138. The number of nitrogens with one attached hydrogen (secondary N) is 2. The van der Waals surface area contributed by atoms with Gasteiger partial charge in [0.25, 0.3) is 5.91 Å². The van der Waals surface area contributed by atoms with Gasteiger partial charge < -0.3 is 10.3 Å². The van der Waals surface area contributed by atoms with Gasteiger partial charge in [-0.1, -0.05) is 97.2 Å². The molecular formula is C28H25N3O. The summed E-state index contributed by atoms with van der Waals surface area (Å²) < 4.78 is 0. The van der Waals surface area contributed by atoms with E-state index in [0.29, 0.717) is 17.7 Å². The van der Waals surface area contributed by atoms with Crippen LogP contribution in [0.2, 0.25) is 0 Å². The van der Waals surface area contributed by atoms with Crippen LogP contribution in [0.15, 0.2) is 121 Å². The van der Waals surface area contributed by atoms with Crippen molar-refractivity contribution in [2.75, 3.05) is 5.32 Å². The average molecular weight is 420 g/mol. The standard InChI is InChI=1S/C28H25N3O/c32-28(23-17-13-9-3-1-2-4-10-14-18-23)31-25-21-30-27-24(19-20-29-27)26(25)22-15-11-7-5-6-8-12-16-22/h1-15,17,19-21H,16,18H2,(H,29,30)(H,31,32)/b3-1-,4-2-,6-5-,11-7-,12-8-,13-9-,14-10-,22-15+,23-17+. The molecule has 2 aromatic rings. The number of anilines is 1. The lowest BCUT2D eigenvalue weighted by atomic mass is 9.98. The van der Waals surface area contributed by atoms with Crippen LogP contribution in [0.25, 0.3) is 16.6 Å². The van der Waals surface area contributed by atoms with E-state index in [2.05, 4.69) is 27.4 Å². The molecule has 32 heavy (non-hydrogen) atoms. The van der Waals surface area contributed by atoms with E-state index in [1.807, 2.05) is 97.3 Å². The predicted octanol–water partition coefficient (Wildman–Crippen LogP) is 6.51. The third-order valence-corrected chi connectivity index (χ3v) is 5.10.